The number of hydrogen-bond acceptors (Lipinski definition) is 5. The van der Waals surface area contributed by atoms with Crippen molar-refractivity contribution < 1.29 is 27.2 Å². The Labute approximate surface area is 135 Å². The van der Waals surface area contributed by atoms with E-state index < -0.39 is 12.1 Å². The van der Waals surface area contributed by atoms with Crippen molar-refractivity contribution in [1.82, 2.24) is 15.0 Å². The molecule has 1 atom stereocenters. The molecule has 2 heterocycles. The lowest BCUT2D eigenvalue weighted by molar-refractivity contribution is -0.159. The van der Waals surface area contributed by atoms with E-state index in [1.165, 1.54) is 24.3 Å². The number of rotatable bonds is 2. The fraction of sp³-hybridized carbons (Fsp3) is 0.400. The van der Waals surface area contributed by atoms with Gasteiger partial charge in [0.25, 0.3) is 5.91 Å². The summed E-state index contributed by atoms with van der Waals surface area (Å²) in [6.45, 7) is 3.37. The van der Waals surface area contributed by atoms with Crippen molar-refractivity contribution in [3.8, 4) is 11.4 Å². The smallest absolute Gasteiger partial charge is 0.375 e. The Hall–Kier alpha value is -2.42. The van der Waals surface area contributed by atoms with Crippen molar-refractivity contribution in [1.29, 1.82) is 0 Å². The van der Waals surface area contributed by atoms with Crippen LogP contribution in [0.2, 0.25) is 0 Å². The lowest BCUT2D eigenvalue weighted by Crippen LogP contribution is -2.44. The van der Waals surface area contributed by atoms with Gasteiger partial charge in [0.15, 0.2) is 0 Å². The minimum Gasteiger partial charge on any atom is -0.375 e. The molecule has 0 aliphatic carbocycles. The highest BCUT2D eigenvalue weighted by molar-refractivity contribution is 5.94. The maximum atomic E-state index is 12.5. The number of alkyl halides is 3. The van der Waals surface area contributed by atoms with E-state index in [2.05, 4.69) is 14.7 Å². The standard InChI is InChI=1S/C15H14F3N3O3/c1-9-8-21(6-7-23-9)13(22)11-4-2-10(3-5-11)12-19-14(24-20-12)15(16,17)18/h2-5,9H,6-8H2,1H3/t9-/m0/s1. The molecule has 6 nitrogen and oxygen atoms in total. The molecule has 1 aromatic heterocycles. The zero-order chi connectivity index (χ0) is 17.3. The Bertz CT molecular complexity index is 728. The molecule has 1 aliphatic rings. The molecule has 1 aliphatic heterocycles. The summed E-state index contributed by atoms with van der Waals surface area (Å²) in [6, 6.07) is 6.03. The molecule has 0 spiro atoms. The molecule has 9 heteroatoms. The van der Waals surface area contributed by atoms with Crippen LogP contribution in [0, 0.1) is 0 Å². The van der Waals surface area contributed by atoms with Crippen molar-refractivity contribution in [2.24, 2.45) is 0 Å². The van der Waals surface area contributed by atoms with E-state index in [-0.39, 0.29) is 17.8 Å². The second-order valence-corrected chi connectivity index (χ2v) is 5.43. The summed E-state index contributed by atoms with van der Waals surface area (Å²) in [6.07, 6.45) is -4.71. The zero-order valence-electron chi connectivity index (χ0n) is 12.7. The van der Waals surface area contributed by atoms with Crippen LogP contribution in [0.3, 0.4) is 0 Å². The van der Waals surface area contributed by atoms with Crippen LogP contribution in [-0.4, -0.2) is 46.7 Å². The minimum absolute atomic E-state index is 0.0258. The predicted octanol–water partition coefficient (Wildman–Crippen LogP) is 2.62. The number of halogens is 3. The van der Waals surface area contributed by atoms with Crippen LogP contribution in [0.4, 0.5) is 13.2 Å². The number of aromatic nitrogens is 2. The van der Waals surface area contributed by atoms with Gasteiger partial charge in [0.1, 0.15) is 0 Å². The van der Waals surface area contributed by atoms with Crippen molar-refractivity contribution >= 4 is 5.91 Å². The molecule has 1 fully saturated rings. The third kappa shape index (κ3) is 3.40. The first-order chi connectivity index (χ1) is 11.3. The van der Waals surface area contributed by atoms with Crippen LogP contribution in [0.5, 0.6) is 0 Å². The van der Waals surface area contributed by atoms with Gasteiger partial charge in [-0.15, -0.1) is 0 Å². The van der Waals surface area contributed by atoms with Gasteiger partial charge in [0.2, 0.25) is 5.82 Å². The highest BCUT2D eigenvalue weighted by atomic mass is 19.4. The van der Waals surface area contributed by atoms with E-state index >= 15 is 0 Å². The molecule has 0 unspecified atom stereocenters. The first kappa shape index (κ1) is 16.4. The molecule has 2 aromatic rings. The van der Waals surface area contributed by atoms with Crippen molar-refractivity contribution in [3.63, 3.8) is 0 Å². The molecule has 3 rings (SSSR count). The topological polar surface area (TPSA) is 68.5 Å². The molecule has 0 bridgehead atoms. The third-order valence-electron chi connectivity index (χ3n) is 3.59. The molecule has 0 radical (unpaired) electrons. The van der Waals surface area contributed by atoms with Gasteiger partial charge in [-0.1, -0.05) is 17.3 Å². The Morgan fingerprint density at radius 2 is 2.00 bits per heavy atom. The third-order valence-corrected chi connectivity index (χ3v) is 3.59. The second kappa shape index (κ2) is 6.23. The molecular weight excluding hydrogens is 327 g/mol. The highest BCUT2D eigenvalue weighted by Crippen LogP contribution is 2.29. The van der Waals surface area contributed by atoms with E-state index in [9.17, 15) is 18.0 Å². The fourth-order valence-corrected chi connectivity index (χ4v) is 2.40. The van der Waals surface area contributed by atoms with Crippen LogP contribution in [0.1, 0.15) is 23.2 Å². The van der Waals surface area contributed by atoms with Crippen molar-refractivity contribution in [3.05, 3.63) is 35.7 Å². The maximum absolute atomic E-state index is 12.5. The zero-order valence-corrected chi connectivity index (χ0v) is 12.7. The largest absolute Gasteiger partial charge is 0.471 e. The molecule has 1 amide bonds. The number of benzene rings is 1. The second-order valence-electron chi connectivity index (χ2n) is 5.43. The summed E-state index contributed by atoms with van der Waals surface area (Å²) in [5.74, 6) is -1.73. The van der Waals surface area contributed by atoms with Gasteiger partial charge in [0.05, 0.1) is 12.7 Å². The molecule has 1 aromatic carbocycles. The average molecular weight is 341 g/mol. The molecular formula is C15H14F3N3O3. The fourth-order valence-electron chi connectivity index (χ4n) is 2.40. The lowest BCUT2D eigenvalue weighted by Gasteiger charge is -2.31. The SMILES string of the molecule is C[C@H]1CN(C(=O)c2ccc(-c3noc(C(F)(F)F)n3)cc2)CCO1. The lowest BCUT2D eigenvalue weighted by atomic mass is 10.1. The van der Waals surface area contributed by atoms with Crippen LogP contribution in [-0.2, 0) is 10.9 Å². The van der Waals surface area contributed by atoms with Gasteiger partial charge in [0, 0.05) is 24.2 Å². The summed E-state index contributed by atoms with van der Waals surface area (Å²) in [7, 11) is 0. The van der Waals surface area contributed by atoms with E-state index in [0.717, 1.165) is 0 Å². The normalized spacial score (nSPS) is 18.7. The van der Waals surface area contributed by atoms with Gasteiger partial charge in [-0.3, -0.25) is 4.79 Å². The van der Waals surface area contributed by atoms with Gasteiger partial charge in [-0.05, 0) is 19.1 Å². The van der Waals surface area contributed by atoms with Crippen LogP contribution < -0.4 is 0 Å². The summed E-state index contributed by atoms with van der Waals surface area (Å²) < 4.78 is 47.0. The summed E-state index contributed by atoms with van der Waals surface area (Å²) >= 11 is 0. The Morgan fingerprint density at radius 3 is 2.58 bits per heavy atom. The Morgan fingerprint density at radius 1 is 1.29 bits per heavy atom. The monoisotopic (exact) mass is 341 g/mol. The number of ether oxygens (including phenoxy) is 1. The Balaban J connectivity index is 1.75. The van der Waals surface area contributed by atoms with Gasteiger partial charge in [-0.25, -0.2) is 0 Å². The Kier molecular flexibility index (Phi) is 4.27. The molecule has 0 saturated carbocycles. The number of nitrogens with zero attached hydrogens (tertiary/aromatic N) is 3. The van der Waals surface area contributed by atoms with Gasteiger partial charge in [-0.2, -0.15) is 18.2 Å². The average Bonchev–Trinajstić information content (AvgIpc) is 3.04. The van der Waals surface area contributed by atoms with Gasteiger partial charge >= 0.3 is 12.1 Å². The van der Waals surface area contributed by atoms with E-state index in [1.54, 1.807) is 4.90 Å². The predicted molar refractivity (Wildman–Crippen MR) is 76.1 cm³/mol. The first-order valence-electron chi connectivity index (χ1n) is 7.27. The van der Waals surface area contributed by atoms with Crippen molar-refractivity contribution in [2.75, 3.05) is 19.7 Å². The molecule has 24 heavy (non-hydrogen) atoms. The highest BCUT2D eigenvalue weighted by Gasteiger charge is 2.38. The van der Waals surface area contributed by atoms with E-state index in [1.807, 2.05) is 6.92 Å². The number of morpholine rings is 1. The maximum Gasteiger partial charge on any atom is 0.471 e. The number of carbonyl (C=O) groups is 1. The molecule has 0 N–H and O–H groups in total. The number of carbonyl (C=O) groups excluding carboxylic acids is 1. The van der Waals surface area contributed by atoms with Crippen LogP contribution >= 0.6 is 0 Å². The van der Waals surface area contributed by atoms with Crippen LogP contribution in [0.15, 0.2) is 28.8 Å². The van der Waals surface area contributed by atoms with E-state index in [4.69, 9.17) is 4.74 Å². The summed E-state index contributed by atoms with van der Waals surface area (Å²) in [5.41, 5.74) is 0.772. The molecule has 128 valence electrons. The van der Waals surface area contributed by atoms with Crippen molar-refractivity contribution in [2.45, 2.75) is 19.2 Å². The summed E-state index contributed by atoms with van der Waals surface area (Å²) in [4.78, 5) is 17.4. The summed E-state index contributed by atoms with van der Waals surface area (Å²) in [5, 5.41) is 3.31. The first-order valence-corrected chi connectivity index (χ1v) is 7.27. The van der Waals surface area contributed by atoms with Crippen LogP contribution in [0.25, 0.3) is 11.4 Å². The number of hydrogen-bond donors (Lipinski definition) is 0. The number of amides is 1. The van der Waals surface area contributed by atoms with Gasteiger partial charge < -0.3 is 14.2 Å². The van der Waals surface area contributed by atoms with E-state index in [0.29, 0.717) is 30.8 Å². The minimum atomic E-state index is -4.69. The molecule has 1 saturated heterocycles. The quantitative estimate of drug-likeness (QED) is 0.840.